The average Bonchev–Trinajstić information content (AvgIpc) is 3.24. The van der Waals surface area contributed by atoms with Gasteiger partial charge in [-0.2, -0.15) is 0 Å². The van der Waals surface area contributed by atoms with Crippen LogP contribution in [0, 0.1) is 13.8 Å². The fourth-order valence-electron chi connectivity index (χ4n) is 4.12. The van der Waals surface area contributed by atoms with E-state index in [9.17, 15) is 4.79 Å². The molecule has 3 aromatic carbocycles. The van der Waals surface area contributed by atoms with E-state index in [1.54, 1.807) is 19.4 Å². The largest absolute Gasteiger partial charge is 0.496 e. The van der Waals surface area contributed by atoms with Crippen molar-refractivity contribution in [1.29, 1.82) is 0 Å². The fourth-order valence-corrected chi connectivity index (χ4v) is 4.12. The van der Waals surface area contributed by atoms with Crippen LogP contribution in [0.2, 0.25) is 0 Å². The Morgan fingerprint density at radius 1 is 1.03 bits per heavy atom. The van der Waals surface area contributed by atoms with Crippen LogP contribution in [0.25, 0.3) is 27.7 Å². The zero-order chi connectivity index (χ0) is 24.4. The highest BCUT2D eigenvalue weighted by molar-refractivity contribution is 6.06. The minimum atomic E-state index is -0.194. The maximum atomic E-state index is 12.8. The van der Waals surface area contributed by atoms with E-state index >= 15 is 0 Å². The molecule has 0 radical (unpaired) electrons. The number of carbonyl (C=O) groups excluding carboxylic acids is 1. The number of allylic oxidation sites excluding steroid dienone is 1. The molecule has 0 fully saturated rings. The number of nitrogens with zero attached hydrogens (tertiary/aromatic N) is 1. The van der Waals surface area contributed by atoms with Crippen LogP contribution >= 0.6 is 0 Å². The van der Waals surface area contributed by atoms with Crippen molar-refractivity contribution in [1.82, 2.24) is 0 Å². The number of methoxy groups -OCH3 is 1. The minimum absolute atomic E-state index is 0.194. The van der Waals surface area contributed by atoms with Gasteiger partial charge in [-0.05, 0) is 62.2 Å². The Hall–Kier alpha value is -3.99. The third-order valence-corrected chi connectivity index (χ3v) is 6.03. The smallest absolute Gasteiger partial charge is 0.248 e. The number of hydrogen-bond acceptors (Lipinski definition) is 4. The molecule has 0 aliphatic heterocycles. The molecule has 0 bridgehead atoms. The van der Waals surface area contributed by atoms with Crippen LogP contribution in [0.4, 0.5) is 11.4 Å². The van der Waals surface area contributed by atoms with E-state index < -0.39 is 0 Å². The molecular weight excluding hydrogens is 424 g/mol. The quantitative estimate of drug-likeness (QED) is 0.324. The Labute approximate surface area is 200 Å². The lowest BCUT2D eigenvalue weighted by atomic mass is 9.96. The van der Waals surface area contributed by atoms with Crippen molar-refractivity contribution < 1.29 is 13.9 Å². The summed E-state index contributed by atoms with van der Waals surface area (Å²) in [4.78, 5) is 14.8. The van der Waals surface area contributed by atoms with Crippen LogP contribution in [0.1, 0.15) is 23.6 Å². The summed E-state index contributed by atoms with van der Waals surface area (Å²) in [5.41, 5.74) is 8.48. The molecule has 0 saturated heterocycles. The van der Waals surface area contributed by atoms with Gasteiger partial charge in [-0.1, -0.05) is 29.8 Å². The first-order valence-electron chi connectivity index (χ1n) is 11.2. The maximum Gasteiger partial charge on any atom is 0.248 e. The highest BCUT2D eigenvalue weighted by Crippen LogP contribution is 2.40. The summed E-state index contributed by atoms with van der Waals surface area (Å²) < 4.78 is 11.7. The molecule has 0 unspecified atom stereocenters. The lowest BCUT2D eigenvalue weighted by Crippen LogP contribution is -2.10. The van der Waals surface area contributed by atoms with Gasteiger partial charge in [0, 0.05) is 53.6 Å². The topological polar surface area (TPSA) is 54.7 Å². The fraction of sp³-hybridized carbons (Fsp3) is 0.207. The zero-order valence-electron chi connectivity index (χ0n) is 20.5. The van der Waals surface area contributed by atoms with E-state index in [2.05, 4.69) is 36.5 Å². The third-order valence-electron chi connectivity index (χ3n) is 6.03. The zero-order valence-corrected chi connectivity index (χ0v) is 20.5. The summed E-state index contributed by atoms with van der Waals surface area (Å²) in [6, 6.07) is 18.1. The van der Waals surface area contributed by atoms with Crippen molar-refractivity contribution in [3.05, 3.63) is 83.6 Å². The summed E-state index contributed by atoms with van der Waals surface area (Å²) in [6.45, 7) is 5.97. The molecule has 1 heterocycles. The predicted octanol–water partition coefficient (Wildman–Crippen LogP) is 6.83. The molecule has 5 heteroatoms. The highest BCUT2D eigenvalue weighted by atomic mass is 16.5. The molecule has 5 nitrogen and oxygen atoms in total. The Kier molecular flexibility index (Phi) is 6.46. The maximum absolute atomic E-state index is 12.8. The number of hydrogen-bond donors (Lipinski definition) is 1. The summed E-state index contributed by atoms with van der Waals surface area (Å²) in [5, 5.41) is 3.93. The summed E-state index contributed by atoms with van der Waals surface area (Å²) in [7, 11) is 5.60. The number of ether oxygens (including phenoxy) is 1. The van der Waals surface area contributed by atoms with Crippen LogP contribution in [0.3, 0.4) is 0 Å². The second kappa shape index (κ2) is 9.48. The molecule has 0 aliphatic rings. The predicted molar refractivity (Wildman–Crippen MR) is 141 cm³/mol. The number of carbonyl (C=O) groups is 1. The monoisotopic (exact) mass is 454 g/mol. The number of aryl methyl sites for hydroxylation is 2. The van der Waals surface area contributed by atoms with Crippen molar-refractivity contribution in [2.75, 3.05) is 31.4 Å². The first kappa shape index (κ1) is 23.2. The SMILES string of the molecule is COc1c(/C(C)=C/C(=O)Nc2ccc(N(C)C)cc2)cc2c(-c3ccc(C)cc3)coc2c1C. The van der Waals surface area contributed by atoms with Gasteiger partial charge in [0.2, 0.25) is 5.91 Å². The molecule has 0 atom stereocenters. The van der Waals surface area contributed by atoms with E-state index in [0.717, 1.165) is 50.2 Å². The minimum Gasteiger partial charge on any atom is -0.496 e. The van der Waals surface area contributed by atoms with Crippen molar-refractivity contribution >= 4 is 33.8 Å². The Morgan fingerprint density at radius 2 is 1.71 bits per heavy atom. The number of nitrogens with one attached hydrogen (secondary N) is 1. The van der Waals surface area contributed by atoms with E-state index in [1.807, 2.05) is 63.2 Å². The van der Waals surface area contributed by atoms with E-state index in [0.29, 0.717) is 5.75 Å². The molecule has 0 aliphatic carbocycles. The summed E-state index contributed by atoms with van der Waals surface area (Å²) in [5.74, 6) is 0.509. The molecule has 34 heavy (non-hydrogen) atoms. The molecule has 4 aromatic rings. The van der Waals surface area contributed by atoms with Gasteiger partial charge in [0.15, 0.2) is 0 Å². The first-order chi connectivity index (χ1) is 16.3. The Balaban J connectivity index is 1.70. The average molecular weight is 455 g/mol. The normalized spacial score (nSPS) is 11.5. The lowest BCUT2D eigenvalue weighted by Gasteiger charge is -2.14. The molecule has 4 rings (SSSR count). The molecule has 0 saturated carbocycles. The molecule has 0 spiro atoms. The summed E-state index contributed by atoms with van der Waals surface area (Å²) >= 11 is 0. The van der Waals surface area contributed by atoms with E-state index in [1.165, 1.54) is 5.56 Å². The molecule has 1 N–H and O–H groups in total. The first-order valence-corrected chi connectivity index (χ1v) is 11.2. The van der Waals surface area contributed by atoms with Gasteiger partial charge in [-0.3, -0.25) is 4.79 Å². The molecule has 1 aromatic heterocycles. The van der Waals surface area contributed by atoms with Gasteiger partial charge in [0.05, 0.1) is 13.4 Å². The van der Waals surface area contributed by atoms with E-state index in [4.69, 9.17) is 9.15 Å². The number of furan rings is 1. The number of rotatable bonds is 6. The molecular formula is C29H30N2O3. The second-order valence-corrected chi connectivity index (χ2v) is 8.73. The number of fused-ring (bicyclic) bond motifs is 1. The molecule has 174 valence electrons. The Bertz CT molecular complexity index is 1360. The van der Waals surface area contributed by atoms with Crippen LogP contribution < -0.4 is 15.0 Å². The van der Waals surface area contributed by atoms with Crippen LogP contribution in [0.5, 0.6) is 5.75 Å². The van der Waals surface area contributed by atoms with Gasteiger partial charge in [-0.25, -0.2) is 0 Å². The van der Waals surface area contributed by atoms with Gasteiger partial charge in [-0.15, -0.1) is 0 Å². The van der Waals surface area contributed by atoms with Crippen molar-refractivity contribution in [2.45, 2.75) is 20.8 Å². The molecule has 1 amide bonds. The van der Waals surface area contributed by atoms with Gasteiger partial charge < -0.3 is 19.4 Å². The standard InChI is InChI=1S/C29H30N2O3/c1-18-7-9-21(10-8-18)26-17-34-29-20(3)28(33-6)24(16-25(26)29)19(2)15-27(32)30-22-11-13-23(14-12-22)31(4)5/h7-17H,1-6H3,(H,30,32)/b19-15+. The van der Waals surface area contributed by atoms with Crippen LogP contribution in [-0.4, -0.2) is 27.1 Å². The number of benzene rings is 3. The van der Waals surface area contributed by atoms with Crippen molar-refractivity contribution in [3.63, 3.8) is 0 Å². The summed E-state index contributed by atoms with van der Waals surface area (Å²) in [6.07, 6.45) is 3.39. The Morgan fingerprint density at radius 3 is 2.32 bits per heavy atom. The van der Waals surface area contributed by atoms with E-state index in [-0.39, 0.29) is 5.91 Å². The number of amides is 1. The van der Waals surface area contributed by atoms with Gasteiger partial charge in [0.25, 0.3) is 0 Å². The van der Waals surface area contributed by atoms with Gasteiger partial charge in [0.1, 0.15) is 11.3 Å². The highest BCUT2D eigenvalue weighted by Gasteiger charge is 2.19. The van der Waals surface area contributed by atoms with Crippen molar-refractivity contribution in [3.8, 4) is 16.9 Å². The van der Waals surface area contributed by atoms with Crippen LogP contribution in [0.15, 0.2) is 71.4 Å². The number of anilines is 2. The van der Waals surface area contributed by atoms with Crippen molar-refractivity contribution in [2.24, 2.45) is 0 Å². The third kappa shape index (κ3) is 4.55. The van der Waals surface area contributed by atoms with Crippen LogP contribution in [-0.2, 0) is 4.79 Å². The second-order valence-electron chi connectivity index (χ2n) is 8.73. The van der Waals surface area contributed by atoms with Gasteiger partial charge >= 0.3 is 0 Å². The lowest BCUT2D eigenvalue weighted by molar-refractivity contribution is -0.111.